The van der Waals surface area contributed by atoms with Crippen LogP contribution in [0.2, 0.25) is 0 Å². The van der Waals surface area contributed by atoms with E-state index in [9.17, 15) is 4.79 Å². The first-order valence-electron chi connectivity index (χ1n) is 6.28. The van der Waals surface area contributed by atoms with Crippen LogP contribution >= 0.6 is 11.8 Å². The van der Waals surface area contributed by atoms with Gasteiger partial charge in [0.1, 0.15) is 6.04 Å². The summed E-state index contributed by atoms with van der Waals surface area (Å²) in [5, 5.41) is 10.3. The lowest BCUT2D eigenvalue weighted by molar-refractivity contribution is -0.121. The Kier molecular flexibility index (Phi) is 3.51. The summed E-state index contributed by atoms with van der Waals surface area (Å²) in [6.45, 7) is 0.818. The van der Waals surface area contributed by atoms with E-state index < -0.39 is 0 Å². The molecule has 6 nitrogen and oxygen atoms in total. The fraction of sp³-hybridized carbons (Fsp3) is 0.727. The van der Waals surface area contributed by atoms with E-state index in [0.717, 1.165) is 12.2 Å². The fourth-order valence-electron chi connectivity index (χ4n) is 2.21. The van der Waals surface area contributed by atoms with Gasteiger partial charge in [0.05, 0.1) is 11.8 Å². The quantitative estimate of drug-likeness (QED) is 0.825. The zero-order chi connectivity index (χ0) is 12.4. The highest BCUT2D eigenvalue weighted by molar-refractivity contribution is 7.99. The number of amides is 1. The smallest absolute Gasteiger partial charge is 0.245 e. The third-order valence-electron chi connectivity index (χ3n) is 3.24. The second kappa shape index (κ2) is 5.27. The van der Waals surface area contributed by atoms with E-state index in [2.05, 4.69) is 20.8 Å². The number of carbonyl (C=O) groups is 1. The summed E-state index contributed by atoms with van der Waals surface area (Å²) in [5.41, 5.74) is 0. The van der Waals surface area contributed by atoms with Crippen molar-refractivity contribution in [2.75, 3.05) is 18.8 Å². The van der Waals surface area contributed by atoms with Crippen molar-refractivity contribution in [2.45, 2.75) is 30.6 Å². The number of aromatic nitrogens is 2. The zero-order valence-electron chi connectivity index (χ0n) is 10.0. The number of rotatable bonds is 2. The van der Waals surface area contributed by atoms with Gasteiger partial charge in [-0.1, -0.05) is 11.6 Å². The van der Waals surface area contributed by atoms with Crippen LogP contribution in [0.25, 0.3) is 0 Å². The Balaban J connectivity index is 1.67. The van der Waals surface area contributed by atoms with Crippen molar-refractivity contribution in [2.24, 2.45) is 0 Å². The second-order valence-corrected chi connectivity index (χ2v) is 5.89. The highest BCUT2D eigenvalue weighted by Crippen LogP contribution is 2.36. The lowest BCUT2D eigenvalue weighted by Crippen LogP contribution is -2.47. The van der Waals surface area contributed by atoms with Crippen LogP contribution in [0.3, 0.4) is 0 Å². The maximum atomic E-state index is 11.0. The van der Waals surface area contributed by atoms with E-state index in [1.807, 2.05) is 11.8 Å². The molecule has 0 aromatic carbocycles. The lowest BCUT2D eigenvalue weighted by Gasteiger charge is -2.20. The molecule has 2 fully saturated rings. The van der Waals surface area contributed by atoms with Gasteiger partial charge >= 0.3 is 0 Å². The van der Waals surface area contributed by atoms with Gasteiger partial charge in [0.25, 0.3) is 0 Å². The third-order valence-corrected chi connectivity index (χ3v) is 4.61. The van der Waals surface area contributed by atoms with E-state index in [-0.39, 0.29) is 11.9 Å². The molecule has 2 N–H and O–H groups in total. The number of carbonyl (C=O) groups excluding carboxylic acids is 1. The average molecular weight is 268 g/mol. The number of hydrogen-bond donors (Lipinski definition) is 2. The minimum Gasteiger partial charge on any atom is -0.353 e. The second-order valence-electron chi connectivity index (χ2n) is 4.58. The van der Waals surface area contributed by atoms with Gasteiger partial charge in [-0.2, -0.15) is 16.7 Å². The molecule has 2 unspecified atom stereocenters. The predicted octanol–water partition coefficient (Wildman–Crippen LogP) is 0.788. The van der Waals surface area contributed by atoms with Crippen molar-refractivity contribution in [1.82, 2.24) is 20.8 Å². The molecule has 18 heavy (non-hydrogen) atoms. The van der Waals surface area contributed by atoms with Crippen LogP contribution in [-0.2, 0) is 4.79 Å². The van der Waals surface area contributed by atoms with Crippen LogP contribution in [-0.4, -0.2) is 34.9 Å². The first kappa shape index (κ1) is 12.0. The summed E-state index contributed by atoms with van der Waals surface area (Å²) in [6.07, 6.45) is 3.64. The number of nitrogens with one attached hydrogen (secondary N) is 2. The number of thioether (sulfide) groups is 1. The molecule has 0 radical (unpaired) electrons. The molecule has 98 valence electrons. The van der Waals surface area contributed by atoms with Gasteiger partial charge in [-0.05, 0) is 18.6 Å². The van der Waals surface area contributed by atoms with Crippen molar-refractivity contribution in [3.05, 3.63) is 11.7 Å². The first-order chi connectivity index (χ1) is 8.83. The molecule has 0 saturated carbocycles. The number of nitrogens with zero attached hydrogens (tertiary/aromatic N) is 2. The van der Waals surface area contributed by atoms with Crippen molar-refractivity contribution in [1.29, 1.82) is 0 Å². The maximum absolute atomic E-state index is 11.0. The Hall–Kier alpha value is -1.08. The van der Waals surface area contributed by atoms with Crippen LogP contribution in [0.15, 0.2) is 4.52 Å². The summed E-state index contributed by atoms with van der Waals surface area (Å²) < 4.78 is 5.30. The van der Waals surface area contributed by atoms with Gasteiger partial charge in [0.15, 0.2) is 5.82 Å². The Bertz CT molecular complexity index is 420. The van der Waals surface area contributed by atoms with Gasteiger partial charge < -0.3 is 9.84 Å². The van der Waals surface area contributed by atoms with Gasteiger partial charge in [0, 0.05) is 6.54 Å². The van der Waals surface area contributed by atoms with E-state index in [0.29, 0.717) is 24.2 Å². The fourth-order valence-corrected chi connectivity index (χ4v) is 3.44. The van der Waals surface area contributed by atoms with Crippen LogP contribution in [0.1, 0.15) is 42.3 Å². The topological polar surface area (TPSA) is 80.1 Å². The molecule has 7 heteroatoms. The van der Waals surface area contributed by atoms with Crippen molar-refractivity contribution in [3.8, 4) is 0 Å². The van der Waals surface area contributed by atoms with E-state index in [4.69, 9.17) is 4.52 Å². The highest BCUT2D eigenvalue weighted by Gasteiger charge is 2.27. The molecule has 0 bridgehead atoms. The molecule has 0 aliphatic carbocycles. The predicted molar refractivity (Wildman–Crippen MR) is 67.1 cm³/mol. The minimum absolute atomic E-state index is 0.00817. The maximum Gasteiger partial charge on any atom is 0.245 e. The third kappa shape index (κ3) is 2.51. The van der Waals surface area contributed by atoms with Crippen LogP contribution in [0.4, 0.5) is 0 Å². The summed E-state index contributed by atoms with van der Waals surface area (Å²) >= 11 is 1.90. The summed E-state index contributed by atoms with van der Waals surface area (Å²) in [5.74, 6) is 2.56. The van der Waals surface area contributed by atoms with Crippen molar-refractivity contribution in [3.63, 3.8) is 0 Å². The lowest BCUT2D eigenvalue weighted by atomic mass is 10.2. The van der Waals surface area contributed by atoms with Crippen LogP contribution in [0.5, 0.6) is 0 Å². The SMILES string of the molecule is O=C1CNC(c2nc(C3CCCCS3)no2)CN1. The summed E-state index contributed by atoms with van der Waals surface area (Å²) in [6, 6.07) is -0.0578. The minimum atomic E-state index is -0.0578. The molecule has 2 atom stereocenters. The van der Waals surface area contributed by atoms with Gasteiger partial charge in [-0.25, -0.2) is 0 Å². The standard InChI is InChI=1S/C11H16N4O2S/c16-9-6-12-7(5-13-9)11-14-10(15-17-11)8-3-1-2-4-18-8/h7-8,12H,1-6H2,(H,13,16). The number of hydrogen-bond acceptors (Lipinski definition) is 6. The molecule has 3 rings (SSSR count). The molecular weight excluding hydrogens is 252 g/mol. The molecular formula is C11H16N4O2S. The summed E-state index contributed by atoms with van der Waals surface area (Å²) in [4.78, 5) is 15.5. The molecule has 2 saturated heterocycles. The first-order valence-corrected chi connectivity index (χ1v) is 7.33. The monoisotopic (exact) mass is 268 g/mol. The molecule has 1 amide bonds. The Labute approximate surface area is 109 Å². The Morgan fingerprint density at radius 2 is 2.33 bits per heavy atom. The molecule has 2 aliphatic rings. The van der Waals surface area contributed by atoms with E-state index in [1.165, 1.54) is 18.6 Å². The van der Waals surface area contributed by atoms with Crippen LogP contribution in [0, 0.1) is 0 Å². The Morgan fingerprint density at radius 3 is 3.06 bits per heavy atom. The van der Waals surface area contributed by atoms with E-state index >= 15 is 0 Å². The molecule has 1 aromatic heterocycles. The van der Waals surface area contributed by atoms with Crippen molar-refractivity contribution < 1.29 is 9.32 Å². The summed E-state index contributed by atoms with van der Waals surface area (Å²) in [7, 11) is 0. The molecule has 0 spiro atoms. The van der Waals surface area contributed by atoms with Crippen LogP contribution < -0.4 is 10.6 Å². The van der Waals surface area contributed by atoms with E-state index in [1.54, 1.807) is 0 Å². The number of piperazine rings is 1. The molecule has 1 aromatic rings. The van der Waals surface area contributed by atoms with Gasteiger partial charge in [-0.3, -0.25) is 10.1 Å². The average Bonchev–Trinajstić information content (AvgIpc) is 2.90. The van der Waals surface area contributed by atoms with Gasteiger partial charge in [0.2, 0.25) is 11.8 Å². The highest BCUT2D eigenvalue weighted by atomic mass is 32.2. The Morgan fingerprint density at radius 1 is 1.39 bits per heavy atom. The van der Waals surface area contributed by atoms with Crippen molar-refractivity contribution >= 4 is 17.7 Å². The molecule has 3 heterocycles. The zero-order valence-corrected chi connectivity index (χ0v) is 10.8. The van der Waals surface area contributed by atoms with Gasteiger partial charge in [-0.15, -0.1) is 0 Å². The molecule has 2 aliphatic heterocycles. The normalized spacial score (nSPS) is 29.0. The largest absolute Gasteiger partial charge is 0.353 e.